The Balaban J connectivity index is 1.53. The highest BCUT2D eigenvalue weighted by molar-refractivity contribution is 5.68. The third-order valence-corrected chi connectivity index (χ3v) is 5.44. The molecule has 0 bridgehead atoms. The zero-order chi connectivity index (χ0) is 14.7. The molecule has 0 aromatic heterocycles. The van der Waals surface area contributed by atoms with Gasteiger partial charge in [-0.3, -0.25) is 0 Å². The number of piperidine rings is 1. The minimum atomic E-state index is 0.594. The lowest BCUT2D eigenvalue weighted by Gasteiger charge is -2.35. The minimum absolute atomic E-state index is 0.594. The van der Waals surface area contributed by atoms with E-state index in [9.17, 15) is 0 Å². The van der Waals surface area contributed by atoms with Crippen LogP contribution in [-0.2, 0) is 0 Å². The molecule has 1 heterocycles. The van der Waals surface area contributed by atoms with Crippen molar-refractivity contribution >= 4 is 11.4 Å². The van der Waals surface area contributed by atoms with E-state index in [2.05, 4.69) is 11.0 Å². The molecule has 21 heavy (non-hydrogen) atoms. The summed E-state index contributed by atoms with van der Waals surface area (Å²) in [5.74, 6) is 1.55. The van der Waals surface area contributed by atoms with Gasteiger partial charge in [-0.1, -0.05) is 31.4 Å². The smallest absolute Gasteiger partial charge is 0.0583 e. The summed E-state index contributed by atoms with van der Waals surface area (Å²) >= 11 is 0. The third kappa shape index (κ3) is 3.52. The van der Waals surface area contributed by atoms with Crippen molar-refractivity contribution in [3.05, 3.63) is 23.8 Å². The van der Waals surface area contributed by atoms with Crippen LogP contribution in [0.2, 0.25) is 0 Å². The Morgan fingerprint density at radius 1 is 0.952 bits per heavy atom. The molecular weight excluding hydrogens is 258 g/mol. The highest BCUT2D eigenvalue weighted by Gasteiger charge is 2.24. The van der Waals surface area contributed by atoms with Crippen LogP contribution in [0.3, 0.4) is 0 Å². The van der Waals surface area contributed by atoms with Gasteiger partial charge in [-0.2, -0.15) is 0 Å². The highest BCUT2D eigenvalue weighted by atomic mass is 15.1. The van der Waals surface area contributed by atoms with E-state index in [-0.39, 0.29) is 0 Å². The molecule has 0 spiro atoms. The van der Waals surface area contributed by atoms with Gasteiger partial charge in [-0.25, -0.2) is 0 Å². The van der Waals surface area contributed by atoms with E-state index in [1.807, 2.05) is 12.1 Å². The number of anilines is 2. The van der Waals surface area contributed by atoms with Crippen molar-refractivity contribution in [2.45, 2.75) is 50.9 Å². The Labute approximate surface area is 128 Å². The molecule has 3 rings (SSSR count). The summed E-state index contributed by atoms with van der Waals surface area (Å²) in [6, 6.07) is 6.10. The zero-order valence-electron chi connectivity index (χ0n) is 13.1. The largest absolute Gasteiger partial charge is 0.397 e. The molecule has 0 atom stereocenters. The number of nitrogens with zero attached hydrogens (tertiary/aromatic N) is 1. The summed E-state index contributed by atoms with van der Waals surface area (Å²) in [6.45, 7) is 3.75. The average Bonchev–Trinajstić information content (AvgIpc) is 2.52. The predicted octanol–water partition coefficient (Wildman–Crippen LogP) is 3.61. The molecule has 3 nitrogen and oxygen atoms in total. The van der Waals surface area contributed by atoms with E-state index in [0.29, 0.717) is 5.92 Å². The van der Waals surface area contributed by atoms with Crippen molar-refractivity contribution in [1.29, 1.82) is 0 Å². The fourth-order valence-corrected chi connectivity index (χ4v) is 4.12. The second-order valence-electron chi connectivity index (χ2n) is 6.93. The van der Waals surface area contributed by atoms with Crippen LogP contribution in [0.1, 0.15) is 56.4 Å². The van der Waals surface area contributed by atoms with Crippen LogP contribution in [0.4, 0.5) is 11.4 Å². The van der Waals surface area contributed by atoms with Gasteiger partial charge in [0.05, 0.1) is 11.4 Å². The lowest BCUT2D eigenvalue weighted by Crippen LogP contribution is -2.37. The van der Waals surface area contributed by atoms with E-state index in [1.165, 1.54) is 70.1 Å². The van der Waals surface area contributed by atoms with Gasteiger partial charge in [0.1, 0.15) is 0 Å². The molecule has 4 N–H and O–H groups in total. The fourth-order valence-electron chi connectivity index (χ4n) is 4.12. The molecule has 1 aromatic carbocycles. The monoisotopic (exact) mass is 287 g/mol. The molecule has 0 unspecified atom stereocenters. The third-order valence-electron chi connectivity index (χ3n) is 5.44. The van der Waals surface area contributed by atoms with Crippen LogP contribution in [0.15, 0.2) is 18.2 Å². The van der Waals surface area contributed by atoms with Gasteiger partial charge in [0.2, 0.25) is 0 Å². The van der Waals surface area contributed by atoms with E-state index >= 15 is 0 Å². The normalized spacial score (nSPS) is 22.5. The first-order chi connectivity index (χ1) is 10.2. The summed E-state index contributed by atoms with van der Waals surface area (Å²) in [6.07, 6.45) is 9.68. The second-order valence-corrected chi connectivity index (χ2v) is 6.93. The molecule has 116 valence electrons. The van der Waals surface area contributed by atoms with Gasteiger partial charge in [0.15, 0.2) is 0 Å². The number of para-hydroxylation sites is 1. The molecule has 0 radical (unpaired) electrons. The summed E-state index contributed by atoms with van der Waals surface area (Å²) in [7, 11) is 0. The van der Waals surface area contributed by atoms with Crippen LogP contribution >= 0.6 is 0 Å². The maximum Gasteiger partial charge on any atom is 0.0583 e. The summed E-state index contributed by atoms with van der Waals surface area (Å²) in [5.41, 5.74) is 14.9. The number of likely N-dealkylation sites (tertiary alicyclic amines) is 1. The average molecular weight is 287 g/mol. The SMILES string of the molecule is Nc1cccc(C2CCN(CC3CCCCC3)CC2)c1N. The quantitative estimate of drug-likeness (QED) is 0.835. The van der Waals surface area contributed by atoms with E-state index < -0.39 is 0 Å². The van der Waals surface area contributed by atoms with Crippen molar-refractivity contribution < 1.29 is 0 Å². The number of hydrogen-bond donors (Lipinski definition) is 2. The maximum absolute atomic E-state index is 6.16. The molecule has 1 saturated carbocycles. The zero-order valence-corrected chi connectivity index (χ0v) is 13.1. The molecule has 1 saturated heterocycles. The van der Waals surface area contributed by atoms with Gasteiger partial charge in [-0.05, 0) is 62.2 Å². The van der Waals surface area contributed by atoms with Crippen molar-refractivity contribution in [2.24, 2.45) is 5.92 Å². The Hall–Kier alpha value is -1.22. The fraction of sp³-hybridized carbons (Fsp3) is 0.667. The minimum Gasteiger partial charge on any atom is -0.397 e. The lowest BCUT2D eigenvalue weighted by atomic mass is 9.86. The first kappa shape index (κ1) is 14.7. The Morgan fingerprint density at radius 2 is 1.67 bits per heavy atom. The first-order valence-corrected chi connectivity index (χ1v) is 8.60. The van der Waals surface area contributed by atoms with Gasteiger partial charge in [0, 0.05) is 6.54 Å². The van der Waals surface area contributed by atoms with Crippen LogP contribution in [0, 0.1) is 5.92 Å². The lowest BCUT2D eigenvalue weighted by molar-refractivity contribution is 0.164. The maximum atomic E-state index is 6.16. The first-order valence-electron chi connectivity index (χ1n) is 8.60. The van der Waals surface area contributed by atoms with Crippen molar-refractivity contribution in [2.75, 3.05) is 31.1 Å². The molecule has 3 heteroatoms. The van der Waals surface area contributed by atoms with Gasteiger partial charge in [0.25, 0.3) is 0 Å². The number of benzene rings is 1. The molecule has 1 aliphatic heterocycles. The van der Waals surface area contributed by atoms with Crippen molar-refractivity contribution in [3.8, 4) is 0 Å². The van der Waals surface area contributed by atoms with Crippen LogP contribution in [-0.4, -0.2) is 24.5 Å². The number of nitrogens with two attached hydrogens (primary N) is 2. The van der Waals surface area contributed by atoms with E-state index in [4.69, 9.17) is 11.5 Å². The standard InChI is InChI=1S/C18H29N3/c19-17-8-4-7-16(18(17)20)15-9-11-21(12-10-15)13-14-5-2-1-3-6-14/h4,7-8,14-15H,1-3,5-6,9-13,19-20H2. The Bertz CT molecular complexity index is 458. The molecule has 1 aliphatic carbocycles. The summed E-state index contributed by atoms with van der Waals surface area (Å²) in [5, 5.41) is 0. The van der Waals surface area contributed by atoms with Crippen LogP contribution in [0.5, 0.6) is 0 Å². The Morgan fingerprint density at radius 3 is 2.38 bits per heavy atom. The molecular formula is C18H29N3. The number of rotatable bonds is 3. The van der Waals surface area contributed by atoms with Gasteiger partial charge >= 0.3 is 0 Å². The number of hydrogen-bond acceptors (Lipinski definition) is 3. The van der Waals surface area contributed by atoms with Gasteiger partial charge < -0.3 is 16.4 Å². The summed E-state index contributed by atoms with van der Waals surface area (Å²) in [4.78, 5) is 2.68. The highest BCUT2D eigenvalue weighted by Crippen LogP contribution is 2.35. The molecule has 0 amide bonds. The molecule has 1 aromatic rings. The van der Waals surface area contributed by atoms with E-state index in [1.54, 1.807) is 0 Å². The van der Waals surface area contributed by atoms with E-state index in [0.717, 1.165) is 17.3 Å². The summed E-state index contributed by atoms with van der Waals surface area (Å²) < 4.78 is 0. The van der Waals surface area contributed by atoms with Crippen molar-refractivity contribution in [3.63, 3.8) is 0 Å². The Kier molecular flexibility index (Phi) is 4.69. The van der Waals surface area contributed by atoms with Crippen LogP contribution in [0.25, 0.3) is 0 Å². The van der Waals surface area contributed by atoms with Crippen molar-refractivity contribution in [1.82, 2.24) is 4.90 Å². The predicted molar refractivity (Wildman–Crippen MR) is 90.3 cm³/mol. The molecule has 2 fully saturated rings. The van der Waals surface area contributed by atoms with Crippen LogP contribution < -0.4 is 11.5 Å². The topological polar surface area (TPSA) is 55.3 Å². The second kappa shape index (κ2) is 6.69. The number of nitrogen functional groups attached to an aromatic ring is 2. The molecule has 2 aliphatic rings. The van der Waals surface area contributed by atoms with Gasteiger partial charge in [-0.15, -0.1) is 0 Å².